The molecular weight excluding hydrogens is 362 g/mol. The van der Waals surface area contributed by atoms with Crippen LogP contribution in [0.15, 0.2) is 36.4 Å². The van der Waals surface area contributed by atoms with Gasteiger partial charge in [0, 0.05) is 29.2 Å². The molecule has 28 heavy (non-hydrogen) atoms. The van der Waals surface area contributed by atoms with Gasteiger partial charge in [0.1, 0.15) is 0 Å². The lowest BCUT2D eigenvalue weighted by atomic mass is 10.0. The van der Waals surface area contributed by atoms with E-state index < -0.39 is 23.3 Å². The Morgan fingerprint density at radius 1 is 0.857 bits per heavy atom. The molecule has 0 spiro atoms. The summed E-state index contributed by atoms with van der Waals surface area (Å²) in [4.78, 5) is 46.5. The van der Waals surface area contributed by atoms with Crippen LogP contribution in [-0.2, 0) is 9.53 Å². The Morgan fingerprint density at radius 2 is 1.46 bits per heavy atom. The van der Waals surface area contributed by atoms with Crippen LogP contribution < -0.4 is 0 Å². The van der Waals surface area contributed by atoms with Crippen molar-refractivity contribution < 1.29 is 24.0 Å². The molecule has 146 valence electrons. The highest BCUT2D eigenvalue weighted by Gasteiger charge is 2.17. The number of ether oxygens (including phenoxy) is 1. The summed E-state index contributed by atoms with van der Waals surface area (Å²) >= 11 is 0. The van der Waals surface area contributed by atoms with E-state index in [9.17, 15) is 24.5 Å². The van der Waals surface area contributed by atoms with Crippen molar-refractivity contribution in [1.29, 1.82) is 0 Å². The Kier molecular flexibility index (Phi) is 6.76. The van der Waals surface area contributed by atoms with Crippen molar-refractivity contribution >= 4 is 23.2 Å². The summed E-state index contributed by atoms with van der Waals surface area (Å²) in [6.07, 6.45) is -0.168. The van der Waals surface area contributed by atoms with Crippen LogP contribution in [0.5, 0.6) is 0 Å². The molecule has 0 aliphatic carbocycles. The molecule has 0 fully saturated rings. The molecule has 0 saturated heterocycles. The normalized spacial score (nSPS) is 10.4. The Bertz CT molecular complexity index is 948. The van der Waals surface area contributed by atoms with Crippen LogP contribution in [0.4, 0.5) is 5.69 Å². The van der Waals surface area contributed by atoms with Gasteiger partial charge in [-0.25, -0.2) is 0 Å². The first kappa shape index (κ1) is 21.0. The molecule has 2 aromatic rings. The fourth-order valence-electron chi connectivity index (χ4n) is 2.56. The van der Waals surface area contributed by atoms with Crippen LogP contribution in [0.25, 0.3) is 0 Å². The van der Waals surface area contributed by atoms with Gasteiger partial charge in [-0.15, -0.1) is 0 Å². The number of nitro groups is 1. The van der Waals surface area contributed by atoms with E-state index >= 15 is 0 Å². The van der Waals surface area contributed by atoms with Gasteiger partial charge in [-0.1, -0.05) is 24.3 Å². The molecule has 0 saturated carbocycles. The summed E-state index contributed by atoms with van der Waals surface area (Å²) in [5.74, 6) is -1.40. The summed E-state index contributed by atoms with van der Waals surface area (Å²) in [5, 5.41) is 10.9. The zero-order valence-electron chi connectivity index (χ0n) is 16.0. The fourth-order valence-corrected chi connectivity index (χ4v) is 2.56. The van der Waals surface area contributed by atoms with Crippen LogP contribution in [0.1, 0.15) is 50.2 Å². The smallest absolute Gasteiger partial charge is 0.306 e. The van der Waals surface area contributed by atoms with E-state index in [4.69, 9.17) is 4.74 Å². The maximum absolute atomic E-state index is 12.2. The Labute approximate surface area is 162 Å². The molecule has 2 aromatic carbocycles. The van der Waals surface area contributed by atoms with Crippen LogP contribution in [0.2, 0.25) is 0 Å². The number of hydrogen-bond acceptors (Lipinski definition) is 6. The number of carbonyl (C=O) groups excluding carboxylic acids is 3. The Morgan fingerprint density at radius 3 is 2.07 bits per heavy atom. The minimum Gasteiger partial charge on any atom is -0.457 e. The van der Waals surface area contributed by atoms with Gasteiger partial charge in [0.25, 0.3) is 5.69 Å². The predicted octanol–water partition coefficient (Wildman–Crippen LogP) is 3.91. The number of nitro benzene ring substituents is 1. The average molecular weight is 383 g/mol. The van der Waals surface area contributed by atoms with E-state index in [1.165, 1.54) is 12.1 Å². The first-order valence-electron chi connectivity index (χ1n) is 8.73. The predicted molar refractivity (Wildman–Crippen MR) is 103 cm³/mol. The van der Waals surface area contributed by atoms with Crippen LogP contribution in [0.3, 0.4) is 0 Å². The highest BCUT2D eigenvalue weighted by molar-refractivity contribution is 5.99. The minimum absolute atomic E-state index is 0.0223. The second-order valence-electron chi connectivity index (χ2n) is 6.56. The molecule has 2 rings (SSSR count). The third-order valence-corrected chi connectivity index (χ3v) is 4.48. The maximum Gasteiger partial charge on any atom is 0.306 e. The fraction of sp³-hybridized carbons (Fsp3) is 0.286. The number of hydrogen-bond donors (Lipinski definition) is 0. The van der Waals surface area contributed by atoms with E-state index in [-0.39, 0.29) is 29.9 Å². The van der Waals surface area contributed by atoms with E-state index in [0.29, 0.717) is 11.1 Å². The zero-order chi connectivity index (χ0) is 20.8. The number of carbonyl (C=O) groups is 3. The highest BCUT2D eigenvalue weighted by atomic mass is 16.6. The molecule has 0 amide bonds. The van der Waals surface area contributed by atoms with Crippen LogP contribution in [0, 0.1) is 30.9 Å². The molecule has 7 nitrogen and oxygen atoms in total. The van der Waals surface area contributed by atoms with Crippen molar-refractivity contribution in [3.8, 4) is 0 Å². The number of nitrogens with zero attached hydrogens (tertiary/aromatic N) is 1. The summed E-state index contributed by atoms with van der Waals surface area (Å²) < 4.78 is 4.91. The van der Waals surface area contributed by atoms with Crippen LogP contribution >= 0.6 is 0 Å². The summed E-state index contributed by atoms with van der Waals surface area (Å²) in [6.45, 7) is 4.89. The van der Waals surface area contributed by atoms with Crippen molar-refractivity contribution in [2.45, 2.75) is 33.6 Å². The lowest BCUT2D eigenvalue weighted by molar-refractivity contribution is -0.385. The van der Waals surface area contributed by atoms with E-state index in [2.05, 4.69) is 0 Å². The highest BCUT2D eigenvalue weighted by Crippen LogP contribution is 2.19. The van der Waals surface area contributed by atoms with Crippen molar-refractivity contribution in [3.05, 3.63) is 74.3 Å². The molecule has 0 aliphatic heterocycles. The third kappa shape index (κ3) is 5.33. The Hall–Kier alpha value is -3.35. The van der Waals surface area contributed by atoms with Gasteiger partial charge in [-0.3, -0.25) is 24.5 Å². The second kappa shape index (κ2) is 9.03. The summed E-state index contributed by atoms with van der Waals surface area (Å²) in [7, 11) is 0. The van der Waals surface area contributed by atoms with Crippen molar-refractivity contribution in [3.63, 3.8) is 0 Å². The SMILES string of the molecule is Cc1ccc(C(=O)CCC(=O)OCC(=O)c2ccc(C)c([N+](=O)[O-])c2)cc1C. The largest absolute Gasteiger partial charge is 0.457 e. The maximum atomic E-state index is 12.2. The van der Waals surface area contributed by atoms with Gasteiger partial charge in [-0.05, 0) is 38.0 Å². The molecule has 0 radical (unpaired) electrons. The second-order valence-corrected chi connectivity index (χ2v) is 6.56. The first-order chi connectivity index (χ1) is 13.2. The number of Topliss-reactive ketones (excluding diaryl/α,β-unsaturated/α-hetero) is 2. The van der Waals surface area contributed by atoms with Crippen molar-refractivity contribution in [2.24, 2.45) is 0 Å². The summed E-state index contributed by atoms with van der Waals surface area (Å²) in [5.41, 5.74) is 2.95. The number of esters is 1. The van der Waals surface area contributed by atoms with Gasteiger partial charge in [0.2, 0.25) is 5.78 Å². The molecule has 0 N–H and O–H groups in total. The molecular formula is C21H21NO6. The molecule has 0 aromatic heterocycles. The van der Waals surface area contributed by atoms with Gasteiger partial charge < -0.3 is 4.74 Å². The zero-order valence-corrected chi connectivity index (χ0v) is 16.0. The monoisotopic (exact) mass is 383 g/mol. The van der Waals surface area contributed by atoms with Gasteiger partial charge in [-0.2, -0.15) is 0 Å². The number of rotatable bonds is 8. The van der Waals surface area contributed by atoms with E-state index in [1.807, 2.05) is 19.9 Å². The van der Waals surface area contributed by atoms with Gasteiger partial charge >= 0.3 is 5.97 Å². The van der Waals surface area contributed by atoms with Crippen molar-refractivity contribution in [1.82, 2.24) is 0 Å². The topological polar surface area (TPSA) is 104 Å². The lowest BCUT2D eigenvalue weighted by Gasteiger charge is -2.06. The molecule has 0 atom stereocenters. The third-order valence-electron chi connectivity index (χ3n) is 4.48. The van der Waals surface area contributed by atoms with Crippen LogP contribution in [-0.4, -0.2) is 29.1 Å². The molecule has 7 heteroatoms. The molecule has 0 heterocycles. The van der Waals surface area contributed by atoms with E-state index in [0.717, 1.165) is 17.2 Å². The number of aryl methyl sites for hydroxylation is 3. The minimum atomic E-state index is -0.674. The molecule has 0 aliphatic rings. The number of benzene rings is 2. The van der Waals surface area contributed by atoms with Gasteiger partial charge in [0.05, 0.1) is 11.3 Å². The number of ketones is 2. The Balaban J connectivity index is 1.87. The summed E-state index contributed by atoms with van der Waals surface area (Å²) in [6, 6.07) is 9.41. The van der Waals surface area contributed by atoms with Crippen molar-refractivity contribution in [2.75, 3.05) is 6.61 Å². The molecule has 0 unspecified atom stereocenters. The lowest BCUT2D eigenvalue weighted by Crippen LogP contribution is -2.15. The van der Waals surface area contributed by atoms with Gasteiger partial charge in [0.15, 0.2) is 12.4 Å². The molecule has 0 bridgehead atoms. The van der Waals surface area contributed by atoms with E-state index in [1.54, 1.807) is 19.1 Å². The first-order valence-corrected chi connectivity index (χ1v) is 8.73. The average Bonchev–Trinajstić information content (AvgIpc) is 2.66. The quantitative estimate of drug-likeness (QED) is 0.296. The standard InChI is InChI=1S/C21H21NO6/c1-13-4-6-16(10-15(13)3)19(23)8-9-21(25)28-12-20(24)17-7-5-14(2)18(11-17)22(26)27/h4-7,10-11H,8-9,12H2,1-3H3.